The fourth-order valence-corrected chi connectivity index (χ4v) is 4.61. The zero-order chi connectivity index (χ0) is 24.8. The molecule has 0 fully saturated rings. The van der Waals surface area contributed by atoms with Crippen molar-refractivity contribution in [1.82, 2.24) is 14.5 Å². The zero-order valence-electron chi connectivity index (χ0n) is 20.0. The van der Waals surface area contributed by atoms with Gasteiger partial charge < -0.3 is 18.8 Å². The maximum Gasteiger partial charge on any atom is 0.252 e. The molecule has 0 aliphatic heterocycles. The Morgan fingerprint density at radius 1 is 1.14 bits per heavy atom. The summed E-state index contributed by atoms with van der Waals surface area (Å²) in [6.07, 6.45) is 9.16. The van der Waals surface area contributed by atoms with Crippen LogP contribution in [0, 0.1) is 5.82 Å². The Labute approximate surface area is 218 Å². The summed E-state index contributed by atoms with van der Waals surface area (Å²) in [4.78, 5) is 23.5. The molecule has 0 aliphatic carbocycles. The second-order valence-corrected chi connectivity index (χ2v) is 8.55. The van der Waals surface area contributed by atoms with Crippen LogP contribution in [-0.4, -0.2) is 48.3 Å². The predicted molar refractivity (Wildman–Crippen MR) is 141 cm³/mol. The van der Waals surface area contributed by atoms with Crippen LogP contribution in [0.2, 0.25) is 0 Å². The molecule has 4 rings (SSSR count). The van der Waals surface area contributed by atoms with Crippen molar-refractivity contribution in [3.63, 3.8) is 0 Å². The van der Waals surface area contributed by atoms with E-state index in [1.165, 1.54) is 50.9 Å². The van der Waals surface area contributed by atoms with Crippen LogP contribution >= 0.6 is 23.7 Å². The molecule has 0 spiro atoms. The second kappa shape index (κ2) is 12.4. The quantitative estimate of drug-likeness (QED) is 0.261. The highest BCUT2D eigenvalue weighted by molar-refractivity contribution is 7.22. The minimum absolute atomic E-state index is 0. The molecule has 0 bridgehead atoms. The number of carbonyl (C=O) groups is 1. The number of aryl methyl sites for hydroxylation is 1. The summed E-state index contributed by atoms with van der Waals surface area (Å²) in [5.74, 6) is 0.867. The van der Waals surface area contributed by atoms with E-state index in [1.54, 1.807) is 41.7 Å². The van der Waals surface area contributed by atoms with Crippen molar-refractivity contribution in [2.45, 2.75) is 13.0 Å². The largest absolute Gasteiger partial charge is 0.493 e. The summed E-state index contributed by atoms with van der Waals surface area (Å²) in [7, 11) is 4.60. The van der Waals surface area contributed by atoms with E-state index in [-0.39, 0.29) is 24.1 Å². The molecule has 2 aromatic heterocycles. The molecule has 2 aromatic carbocycles. The Hall–Kier alpha value is -3.63. The van der Waals surface area contributed by atoms with Crippen LogP contribution in [0.5, 0.6) is 17.2 Å². The van der Waals surface area contributed by atoms with Gasteiger partial charge in [0.2, 0.25) is 5.75 Å². The first-order valence-corrected chi connectivity index (χ1v) is 11.7. The third-order valence-corrected chi connectivity index (χ3v) is 6.34. The standard InChI is InChI=1S/C25H25FN4O4S.ClH/c1-32-20-13-17(14-21(33-2)24(20)34-3)5-8-23(31)30(11-4-10-29-12-9-27-16-29)25-28-19-7-6-18(26)15-22(19)35-25;/h5-9,12-16H,4,10-11H2,1-3H3;1H/b8-5+;. The zero-order valence-corrected chi connectivity index (χ0v) is 21.6. The highest BCUT2D eigenvalue weighted by atomic mass is 35.5. The molecule has 36 heavy (non-hydrogen) atoms. The summed E-state index contributed by atoms with van der Waals surface area (Å²) in [6, 6.07) is 7.92. The molecular weight excluding hydrogens is 507 g/mol. The number of hydrogen-bond acceptors (Lipinski definition) is 7. The van der Waals surface area contributed by atoms with Gasteiger partial charge in [0.1, 0.15) is 5.82 Å². The fraction of sp³-hybridized carbons (Fsp3) is 0.240. The van der Waals surface area contributed by atoms with Gasteiger partial charge >= 0.3 is 0 Å². The van der Waals surface area contributed by atoms with Crippen molar-refractivity contribution < 1.29 is 23.4 Å². The molecule has 0 aliphatic rings. The third kappa shape index (κ3) is 6.13. The number of nitrogens with zero attached hydrogens (tertiary/aromatic N) is 4. The molecule has 2 heterocycles. The number of thiazole rings is 1. The smallest absolute Gasteiger partial charge is 0.252 e. The highest BCUT2D eigenvalue weighted by Crippen LogP contribution is 2.38. The van der Waals surface area contributed by atoms with Gasteiger partial charge in [-0.3, -0.25) is 9.69 Å². The molecule has 8 nitrogen and oxygen atoms in total. The topological polar surface area (TPSA) is 78.7 Å². The van der Waals surface area contributed by atoms with Crippen LogP contribution in [0.25, 0.3) is 16.3 Å². The van der Waals surface area contributed by atoms with Gasteiger partial charge in [-0.1, -0.05) is 11.3 Å². The van der Waals surface area contributed by atoms with Gasteiger partial charge in [0.25, 0.3) is 5.91 Å². The van der Waals surface area contributed by atoms with E-state index in [2.05, 4.69) is 9.97 Å². The number of hydrogen-bond donors (Lipinski definition) is 0. The first-order chi connectivity index (χ1) is 17.0. The molecule has 0 radical (unpaired) electrons. The van der Waals surface area contributed by atoms with Gasteiger partial charge in [0, 0.05) is 31.6 Å². The summed E-state index contributed by atoms with van der Waals surface area (Å²) < 4.78 is 32.5. The Morgan fingerprint density at radius 3 is 2.53 bits per heavy atom. The van der Waals surface area contributed by atoms with Gasteiger partial charge in [0.05, 0.1) is 37.9 Å². The summed E-state index contributed by atoms with van der Waals surface area (Å²) in [5.41, 5.74) is 1.35. The van der Waals surface area contributed by atoms with Crippen molar-refractivity contribution in [3.8, 4) is 17.2 Å². The number of halogens is 2. The highest BCUT2D eigenvalue weighted by Gasteiger charge is 2.19. The number of fused-ring (bicyclic) bond motifs is 1. The number of anilines is 1. The normalized spacial score (nSPS) is 10.9. The predicted octanol–water partition coefficient (Wildman–Crippen LogP) is 5.22. The second-order valence-electron chi connectivity index (χ2n) is 7.54. The Kier molecular flexibility index (Phi) is 9.26. The minimum Gasteiger partial charge on any atom is -0.493 e. The number of methoxy groups -OCH3 is 3. The fourth-order valence-electron chi connectivity index (χ4n) is 3.59. The number of benzene rings is 2. The van der Waals surface area contributed by atoms with Crippen molar-refractivity contribution in [2.24, 2.45) is 0 Å². The lowest BCUT2D eigenvalue weighted by Crippen LogP contribution is -2.30. The summed E-state index contributed by atoms with van der Waals surface area (Å²) in [5, 5.41) is 0.510. The number of ether oxygens (including phenoxy) is 3. The van der Waals surface area contributed by atoms with E-state index in [1.807, 2.05) is 10.8 Å². The summed E-state index contributed by atoms with van der Waals surface area (Å²) in [6.45, 7) is 1.12. The van der Waals surface area contributed by atoms with Gasteiger partial charge in [0.15, 0.2) is 16.6 Å². The Morgan fingerprint density at radius 2 is 1.89 bits per heavy atom. The van der Waals surface area contributed by atoms with Gasteiger partial charge in [-0.2, -0.15) is 0 Å². The lowest BCUT2D eigenvalue weighted by Gasteiger charge is -2.18. The first kappa shape index (κ1) is 27.0. The van der Waals surface area contributed by atoms with Crippen LogP contribution in [0.15, 0.2) is 55.1 Å². The van der Waals surface area contributed by atoms with Crippen molar-refractivity contribution in [2.75, 3.05) is 32.8 Å². The van der Waals surface area contributed by atoms with E-state index < -0.39 is 0 Å². The van der Waals surface area contributed by atoms with Gasteiger partial charge in [-0.05, 0) is 48.4 Å². The van der Waals surface area contributed by atoms with Gasteiger partial charge in [-0.15, -0.1) is 12.4 Å². The number of carbonyl (C=O) groups excluding carboxylic acids is 1. The van der Waals surface area contributed by atoms with E-state index in [0.29, 0.717) is 57.7 Å². The molecule has 0 N–H and O–H groups in total. The monoisotopic (exact) mass is 532 g/mol. The molecular formula is C25H26ClFN4O4S. The minimum atomic E-state index is -0.340. The first-order valence-electron chi connectivity index (χ1n) is 10.8. The molecule has 0 saturated carbocycles. The molecule has 4 aromatic rings. The van der Waals surface area contributed by atoms with E-state index in [9.17, 15) is 9.18 Å². The van der Waals surface area contributed by atoms with Gasteiger partial charge in [-0.25, -0.2) is 14.4 Å². The van der Waals surface area contributed by atoms with Crippen LogP contribution < -0.4 is 19.1 Å². The maximum atomic E-state index is 13.7. The number of imidazole rings is 1. The molecule has 0 atom stereocenters. The lowest BCUT2D eigenvalue weighted by atomic mass is 10.1. The number of aromatic nitrogens is 3. The van der Waals surface area contributed by atoms with Crippen LogP contribution in [0.4, 0.5) is 9.52 Å². The average Bonchev–Trinajstić information content (AvgIpc) is 3.53. The summed E-state index contributed by atoms with van der Waals surface area (Å²) >= 11 is 1.28. The van der Waals surface area contributed by atoms with E-state index in [0.717, 1.165) is 0 Å². The van der Waals surface area contributed by atoms with Crippen LogP contribution in [-0.2, 0) is 11.3 Å². The Bertz CT molecular complexity index is 1320. The van der Waals surface area contributed by atoms with E-state index in [4.69, 9.17) is 14.2 Å². The van der Waals surface area contributed by atoms with Crippen LogP contribution in [0.3, 0.4) is 0 Å². The molecule has 11 heteroatoms. The SMILES string of the molecule is COc1cc(/C=C/C(=O)N(CCCn2ccnc2)c2nc3ccc(F)cc3s2)cc(OC)c1OC.Cl. The number of amides is 1. The molecule has 1 amide bonds. The van der Waals surface area contributed by atoms with Crippen molar-refractivity contribution in [3.05, 3.63) is 66.5 Å². The van der Waals surface area contributed by atoms with Crippen molar-refractivity contribution in [1.29, 1.82) is 0 Å². The number of rotatable bonds is 10. The van der Waals surface area contributed by atoms with Crippen LogP contribution in [0.1, 0.15) is 12.0 Å². The molecule has 0 saturated heterocycles. The average molecular weight is 533 g/mol. The Balaban J connectivity index is 0.00000361. The molecule has 190 valence electrons. The molecule has 0 unspecified atom stereocenters. The van der Waals surface area contributed by atoms with Crippen molar-refractivity contribution >= 4 is 51.1 Å². The lowest BCUT2D eigenvalue weighted by molar-refractivity contribution is -0.114. The maximum absolute atomic E-state index is 13.7. The third-order valence-electron chi connectivity index (χ3n) is 5.30. The van der Waals surface area contributed by atoms with E-state index >= 15 is 0 Å².